The molecule has 1 aliphatic heterocycles. The molecule has 2 N–H and O–H groups in total. The minimum absolute atomic E-state index is 0.123. The number of aromatic nitrogens is 2. The van der Waals surface area contributed by atoms with Crippen LogP contribution in [0.15, 0.2) is 42.5 Å². The third kappa shape index (κ3) is 4.65. The fraction of sp³-hybridized carbons (Fsp3) is 0.273. The van der Waals surface area contributed by atoms with Crippen LogP contribution >= 0.6 is 11.3 Å². The van der Waals surface area contributed by atoms with Gasteiger partial charge in [0, 0.05) is 11.1 Å². The normalized spacial score (nSPS) is 13.0. The molecule has 166 valence electrons. The number of fused-ring (bicyclic) bond motifs is 1. The first kappa shape index (κ1) is 21.6. The summed E-state index contributed by atoms with van der Waals surface area (Å²) < 4.78 is 15.7. The fourth-order valence-corrected chi connectivity index (χ4v) is 3.86. The molecule has 2 heterocycles. The van der Waals surface area contributed by atoms with Crippen LogP contribution in [0.5, 0.6) is 17.2 Å². The van der Waals surface area contributed by atoms with Gasteiger partial charge in [-0.3, -0.25) is 14.9 Å². The number of rotatable bonds is 7. The first-order valence-electron chi connectivity index (χ1n) is 9.94. The van der Waals surface area contributed by atoms with Gasteiger partial charge in [-0.2, -0.15) is 0 Å². The quantitative estimate of drug-likeness (QED) is 0.563. The van der Waals surface area contributed by atoms with Gasteiger partial charge in [-0.15, -0.1) is 10.2 Å². The summed E-state index contributed by atoms with van der Waals surface area (Å²) in [5, 5.41) is 14.8. The molecule has 0 radical (unpaired) electrons. The molecule has 1 aromatic heterocycles. The molecule has 9 nitrogen and oxygen atoms in total. The van der Waals surface area contributed by atoms with Crippen molar-refractivity contribution in [3.8, 4) is 27.8 Å². The summed E-state index contributed by atoms with van der Waals surface area (Å²) in [5.41, 5.74) is 1.24. The second kappa shape index (κ2) is 9.23. The summed E-state index contributed by atoms with van der Waals surface area (Å²) in [4.78, 5) is 25.6. The summed E-state index contributed by atoms with van der Waals surface area (Å²) in [7, 11) is 1.60. The topological polar surface area (TPSA) is 112 Å². The minimum atomic E-state index is -0.763. The molecule has 0 saturated carbocycles. The Labute approximate surface area is 188 Å². The van der Waals surface area contributed by atoms with Crippen LogP contribution in [0.1, 0.15) is 24.2 Å². The van der Waals surface area contributed by atoms with Gasteiger partial charge < -0.3 is 19.5 Å². The highest BCUT2D eigenvalue weighted by Crippen LogP contribution is 2.32. The van der Waals surface area contributed by atoms with E-state index >= 15 is 0 Å². The summed E-state index contributed by atoms with van der Waals surface area (Å²) >= 11 is 1.25. The van der Waals surface area contributed by atoms with E-state index in [1.807, 2.05) is 38.1 Å². The summed E-state index contributed by atoms with van der Waals surface area (Å²) in [6.07, 6.45) is 0. The summed E-state index contributed by atoms with van der Waals surface area (Å²) in [6.45, 7) is 3.83. The van der Waals surface area contributed by atoms with Gasteiger partial charge in [-0.25, -0.2) is 0 Å². The Balaban J connectivity index is 1.43. The van der Waals surface area contributed by atoms with E-state index in [1.165, 1.54) is 11.3 Å². The van der Waals surface area contributed by atoms with Crippen molar-refractivity contribution in [3.63, 3.8) is 0 Å². The average molecular weight is 455 g/mol. The molecule has 0 fully saturated rings. The maximum Gasteiger partial charge on any atom is 0.252 e. The van der Waals surface area contributed by atoms with Crippen molar-refractivity contribution >= 4 is 28.3 Å². The molecule has 4 rings (SSSR count). The summed E-state index contributed by atoms with van der Waals surface area (Å²) in [5.74, 6) is 0.929. The largest absolute Gasteiger partial charge is 0.497 e. The Bertz CT molecular complexity index is 1130. The van der Waals surface area contributed by atoms with Crippen LogP contribution in [0, 0.1) is 5.92 Å². The Morgan fingerprint density at radius 1 is 1.06 bits per heavy atom. The number of hydrogen-bond donors (Lipinski definition) is 2. The average Bonchev–Trinajstić information content (AvgIpc) is 3.46. The predicted octanol–water partition coefficient (Wildman–Crippen LogP) is 3.34. The SMILES string of the molecule is COc1ccc(-c2nnc(NC(=O)C(NC(=O)c3ccc4c(c3)OCO4)C(C)C)s2)cc1. The minimum Gasteiger partial charge on any atom is -0.497 e. The highest BCUT2D eigenvalue weighted by molar-refractivity contribution is 7.18. The zero-order valence-corrected chi connectivity index (χ0v) is 18.6. The number of nitrogens with one attached hydrogen (secondary N) is 2. The second-order valence-electron chi connectivity index (χ2n) is 7.39. The van der Waals surface area contributed by atoms with Crippen molar-refractivity contribution in [2.75, 3.05) is 19.2 Å². The van der Waals surface area contributed by atoms with Gasteiger partial charge in [0.2, 0.25) is 17.8 Å². The number of carbonyl (C=O) groups is 2. The van der Waals surface area contributed by atoms with Gasteiger partial charge in [0.1, 0.15) is 16.8 Å². The summed E-state index contributed by atoms with van der Waals surface area (Å²) in [6, 6.07) is 11.5. The van der Waals surface area contributed by atoms with E-state index in [4.69, 9.17) is 14.2 Å². The molecular weight excluding hydrogens is 432 g/mol. The van der Waals surface area contributed by atoms with Gasteiger partial charge >= 0.3 is 0 Å². The highest BCUT2D eigenvalue weighted by Gasteiger charge is 2.26. The van der Waals surface area contributed by atoms with Crippen LogP contribution in [-0.2, 0) is 4.79 Å². The Morgan fingerprint density at radius 3 is 2.53 bits per heavy atom. The standard InChI is InChI=1S/C22H22N4O5S/c1-12(2)18(23-19(27)14-6-9-16-17(10-14)31-11-30-16)20(28)24-22-26-25-21(32-22)13-4-7-15(29-3)8-5-13/h4-10,12,18H,11H2,1-3H3,(H,23,27)(H,24,26,28). The van der Waals surface area contributed by atoms with Crippen LogP contribution in [0.25, 0.3) is 10.6 Å². The van der Waals surface area contributed by atoms with Crippen molar-refractivity contribution in [3.05, 3.63) is 48.0 Å². The lowest BCUT2D eigenvalue weighted by molar-refractivity contribution is -0.118. The Hall–Kier alpha value is -3.66. The maximum atomic E-state index is 12.9. The number of nitrogens with zero attached hydrogens (tertiary/aromatic N) is 2. The molecule has 1 atom stereocenters. The van der Waals surface area contributed by atoms with Gasteiger partial charge in [0.25, 0.3) is 5.91 Å². The van der Waals surface area contributed by atoms with E-state index in [9.17, 15) is 9.59 Å². The molecule has 0 saturated heterocycles. The Morgan fingerprint density at radius 2 is 1.81 bits per heavy atom. The molecule has 2 aromatic carbocycles. The first-order chi connectivity index (χ1) is 15.4. The van der Waals surface area contributed by atoms with Crippen molar-refractivity contribution in [1.82, 2.24) is 15.5 Å². The molecule has 1 aliphatic rings. The molecule has 3 aromatic rings. The van der Waals surface area contributed by atoms with Crippen LogP contribution in [0.2, 0.25) is 0 Å². The number of methoxy groups -OCH3 is 1. The van der Waals surface area contributed by atoms with Gasteiger partial charge in [0.15, 0.2) is 11.5 Å². The molecule has 10 heteroatoms. The maximum absolute atomic E-state index is 12.9. The highest BCUT2D eigenvalue weighted by atomic mass is 32.1. The number of benzene rings is 2. The molecule has 0 spiro atoms. The second-order valence-corrected chi connectivity index (χ2v) is 8.37. The lowest BCUT2D eigenvalue weighted by Gasteiger charge is -2.21. The fourth-order valence-electron chi connectivity index (χ4n) is 3.10. The van der Waals surface area contributed by atoms with Crippen LogP contribution in [-0.4, -0.2) is 42.0 Å². The number of anilines is 1. The molecule has 1 unspecified atom stereocenters. The smallest absolute Gasteiger partial charge is 0.252 e. The van der Waals surface area contributed by atoms with E-state index in [-0.39, 0.29) is 24.5 Å². The predicted molar refractivity (Wildman–Crippen MR) is 119 cm³/mol. The molecule has 0 bridgehead atoms. The van der Waals surface area contributed by atoms with E-state index in [1.54, 1.807) is 25.3 Å². The molecule has 0 aliphatic carbocycles. The molecule has 32 heavy (non-hydrogen) atoms. The van der Waals surface area contributed by atoms with Crippen molar-refractivity contribution in [1.29, 1.82) is 0 Å². The Kier molecular flexibility index (Phi) is 6.22. The van der Waals surface area contributed by atoms with Crippen molar-refractivity contribution in [2.45, 2.75) is 19.9 Å². The van der Waals surface area contributed by atoms with Gasteiger partial charge in [-0.05, 0) is 48.4 Å². The number of ether oxygens (including phenoxy) is 3. The number of hydrogen-bond acceptors (Lipinski definition) is 8. The zero-order valence-electron chi connectivity index (χ0n) is 17.7. The monoisotopic (exact) mass is 454 g/mol. The number of amides is 2. The van der Waals surface area contributed by atoms with Crippen molar-refractivity contribution < 1.29 is 23.8 Å². The lowest BCUT2D eigenvalue weighted by Crippen LogP contribution is -2.47. The first-order valence-corrected chi connectivity index (χ1v) is 10.8. The van der Waals surface area contributed by atoms with Crippen molar-refractivity contribution in [2.24, 2.45) is 5.92 Å². The third-order valence-electron chi connectivity index (χ3n) is 4.86. The van der Waals surface area contributed by atoms with E-state index in [2.05, 4.69) is 20.8 Å². The van der Waals surface area contributed by atoms with Crippen LogP contribution in [0.4, 0.5) is 5.13 Å². The van der Waals surface area contributed by atoms with Crippen LogP contribution in [0.3, 0.4) is 0 Å². The van der Waals surface area contributed by atoms with E-state index in [0.717, 1.165) is 11.3 Å². The van der Waals surface area contributed by atoms with Gasteiger partial charge in [0.05, 0.1) is 7.11 Å². The zero-order chi connectivity index (χ0) is 22.7. The molecular formula is C22H22N4O5S. The number of carbonyl (C=O) groups excluding carboxylic acids is 2. The molecule has 2 amide bonds. The lowest BCUT2D eigenvalue weighted by atomic mass is 10.0. The van der Waals surface area contributed by atoms with E-state index < -0.39 is 6.04 Å². The third-order valence-corrected chi connectivity index (χ3v) is 5.75. The van der Waals surface area contributed by atoms with E-state index in [0.29, 0.717) is 27.2 Å². The van der Waals surface area contributed by atoms with Gasteiger partial charge in [-0.1, -0.05) is 25.2 Å². The van der Waals surface area contributed by atoms with Crippen LogP contribution < -0.4 is 24.8 Å².